The molecule has 0 spiro atoms. The summed E-state index contributed by atoms with van der Waals surface area (Å²) in [6.07, 6.45) is 1.92. The second-order valence-corrected chi connectivity index (χ2v) is 5.80. The lowest BCUT2D eigenvalue weighted by molar-refractivity contribution is 0.211. The van der Waals surface area contributed by atoms with Crippen molar-refractivity contribution in [3.8, 4) is 0 Å². The molecule has 0 atom stereocenters. The van der Waals surface area contributed by atoms with Gasteiger partial charge in [-0.25, -0.2) is 8.78 Å². The largest absolute Gasteiger partial charge is 0.380 e. The van der Waals surface area contributed by atoms with Crippen LogP contribution in [-0.4, -0.2) is 24.0 Å². The Hall–Kier alpha value is -1.94. The van der Waals surface area contributed by atoms with Crippen LogP contribution < -0.4 is 5.32 Å². The van der Waals surface area contributed by atoms with Gasteiger partial charge in [0.2, 0.25) is 0 Å². The molecule has 2 nitrogen and oxygen atoms in total. The number of likely N-dealkylation sites (tertiary alicyclic amines) is 1. The van der Waals surface area contributed by atoms with Gasteiger partial charge in [0.15, 0.2) is 0 Å². The maximum absolute atomic E-state index is 13.6. The van der Waals surface area contributed by atoms with E-state index in [0.717, 1.165) is 38.0 Å². The highest BCUT2D eigenvalue weighted by Crippen LogP contribution is 2.20. The molecule has 1 aliphatic rings. The SMILES string of the molecule is Fc1cccc(CN2CCC(Nc3ccccc3F)CC2)c1. The van der Waals surface area contributed by atoms with Crippen molar-refractivity contribution in [2.45, 2.75) is 25.4 Å². The van der Waals surface area contributed by atoms with Crippen LogP contribution in [0.3, 0.4) is 0 Å². The molecule has 0 unspecified atom stereocenters. The normalized spacial score (nSPS) is 16.6. The maximum atomic E-state index is 13.6. The summed E-state index contributed by atoms with van der Waals surface area (Å²) in [5, 5.41) is 3.28. The maximum Gasteiger partial charge on any atom is 0.146 e. The minimum atomic E-state index is -0.204. The summed E-state index contributed by atoms with van der Waals surface area (Å²) in [5.41, 5.74) is 1.58. The molecule has 22 heavy (non-hydrogen) atoms. The lowest BCUT2D eigenvalue weighted by atomic mass is 10.0. The quantitative estimate of drug-likeness (QED) is 0.917. The minimum Gasteiger partial charge on any atom is -0.380 e. The number of benzene rings is 2. The molecular weight excluding hydrogens is 282 g/mol. The second kappa shape index (κ2) is 6.88. The molecule has 1 aliphatic heterocycles. The molecule has 4 heteroatoms. The minimum absolute atomic E-state index is 0.186. The predicted molar refractivity (Wildman–Crippen MR) is 84.7 cm³/mol. The first-order valence-electron chi connectivity index (χ1n) is 7.68. The molecule has 1 fully saturated rings. The van der Waals surface area contributed by atoms with E-state index >= 15 is 0 Å². The summed E-state index contributed by atoms with van der Waals surface area (Å²) in [4.78, 5) is 2.31. The van der Waals surface area contributed by atoms with Gasteiger partial charge in [-0.15, -0.1) is 0 Å². The lowest BCUT2D eigenvalue weighted by Gasteiger charge is -2.33. The van der Waals surface area contributed by atoms with Crippen LogP contribution >= 0.6 is 0 Å². The molecule has 1 N–H and O–H groups in total. The molecule has 2 aromatic rings. The van der Waals surface area contributed by atoms with Crippen LogP contribution in [0.25, 0.3) is 0 Å². The monoisotopic (exact) mass is 302 g/mol. The predicted octanol–water partition coefficient (Wildman–Crippen LogP) is 4.04. The number of nitrogens with zero attached hydrogens (tertiary/aromatic N) is 1. The fourth-order valence-electron chi connectivity index (χ4n) is 2.93. The van der Waals surface area contributed by atoms with Gasteiger partial charge in [-0.3, -0.25) is 4.90 Å². The van der Waals surface area contributed by atoms with Crippen molar-refractivity contribution in [3.63, 3.8) is 0 Å². The van der Waals surface area contributed by atoms with E-state index in [1.807, 2.05) is 12.1 Å². The van der Waals surface area contributed by atoms with Gasteiger partial charge in [-0.1, -0.05) is 24.3 Å². The summed E-state index contributed by atoms with van der Waals surface area (Å²) in [6.45, 7) is 2.63. The Morgan fingerprint density at radius 1 is 1.00 bits per heavy atom. The highest BCUT2D eigenvalue weighted by Gasteiger charge is 2.19. The first-order chi connectivity index (χ1) is 10.7. The van der Waals surface area contributed by atoms with E-state index in [2.05, 4.69) is 10.2 Å². The van der Waals surface area contributed by atoms with E-state index < -0.39 is 0 Å². The molecular formula is C18H20F2N2. The van der Waals surface area contributed by atoms with Crippen LogP contribution in [0.15, 0.2) is 48.5 Å². The van der Waals surface area contributed by atoms with Gasteiger partial charge < -0.3 is 5.32 Å². The number of anilines is 1. The van der Waals surface area contributed by atoms with Gasteiger partial charge in [-0.05, 0) is 42.7 Å². The summed E-state index contributed by atoms with van der Waals surface area (Å²) < 4.78 is 26.8. The molecule has 0 aromatic heterocycles. The molecule has 116 valence electrons. The van der Waals surface area contributed by atoms with Crippen molar-refractivity contribution < 1.29 is 8.78 Å². The first-order valence-corrected chi connectivity index (χ1v) is 7.68. The molecule has 0 aliphatic carbocycles. The van der Waals surface area contributed by atoms with Crippen LogP contribution in [0.1, 0.15) is 18.4 Å². The van der Waals surface area contributed by atoms with Gasteiger partial charge in [-0.2, -0.15) is 0 Å². The third-order valence-corrected chi connectivity index (χ3v) is 4.12. The van der Waals surface area contributed by atoms with E-state index in [4.69, 9.17) is 0 Å². The standard InChI is InChI=1S/C18H20F2N2/c19-15-5-3-4-14(12-15)13-22-10-8-16(9-11-22)21-18-7-2-1-6-17(18)20/h1-7,12,16,21H,8-11,13H2. The summed E-state index contributed by atoms with van der Waals surface area (Å²) in [5.74, 6) is -0.390. The molecule has 2 aromatic carbocycles. The Labute approximate surface area is 129 Å². The Morgan fingerprint density at radius 2 is 1.77 bits per heavy atom. The molecule has 0 saturated carbocycles. The zero-order valence-electron chi connectivity index (χ0n) is 12.4. The summed E-state index contributed by atoms with van der Waals surface area (Å²) in [6, 6.07) is 13.8. The van der Waals surface area contributed by atoms with Crippen LogP contribution in [0.4, 0.5) is 14.5 Å². The van der Waals surface area contributed by atoms with Crippen LogP contribution in [0, 0.1) is 11.6 Å². The zero-order chi connectivity index (χ0) is 15.4. The molecule has 0 radical (unpaired) electrons. The van der Waals surface area contributed by atoms with E-state index in [1.54, 1.807) is 24.3 Å². The zero-order valence-corrected chi connectivity index (χ0v) is 12.4. The second-order valence-electron chi connectivity index (χ2n) is 5.80. The van der Waals surface area contributed by atoms with Crippen molar-refractivity contribution in [1.29, 1.82) is 0 Å². The third kappa shape index (κ3) is 3.83. The number of nitrogens with one attached hydrogen (secondary N) is 1. The Balaban J connectivity index is 1.51. The number of halogens is 2. The van der Waals surface area contributed by atoms with Crippen molar-refractivity contribution in [1.82, 2.24) is 4.90 Å². The van der Waals surface area contributed by atoms with Gasteiger partial charge >= 0.3 is 0 Å². The molecule has 0 bridgehead atoms. The van der Waals surface area contributed by atoms with Gasteiger partial charge in [0.05, 0.1) is 5.69 Å². The summed E-state index contributed by atoms with van der Waals surface area (Å²) in [7, 11) is 0. The van der Waals surface area contributed by atoms with E-state index in [-0.39, 0.29) is 11.6 Å². The number of hydrogen-bond donors (Lipinski definition) is 1. The fourth-order valence-corrected chi connectivity index (χ4v) is 2.93. The molecule has 1 heterocycles. The highest BCUT2D eigenvalue weighted by molar-refractivity contribution is 5.45. The average Bonchev–Trinajstić information content (AvgIpc) is 2.52. The van der Waals surface area contributed by atoms with Crippen LogP contribution in [0.5, 0.6) is 0 Å². The van der Waals surface area contributed by atoms with E-state index in [1.165, 1.54) is 12.1 Å². The topological polar surface area (TPSA) is 15.3 Å². The number of hydrogen-bond acceptors (Lipinski definition) is 2. The van der Waals surface area contributed by atoms with Gasteiger partial charge in [0, 0.05) is 25.7 Å². The van der Waals surface area contributed by atoms with E-state index in [9.17, 15) is 8.78 Å². The Kier molecular flexibility index (Phi) is 4.68. The molecule has 0 amide bonds. The average molecular weight is 302 g/mol. The van der Waals surface area contributed by atoms with Crippen LogP contribution in [-0.2, 0) is 6.54 Å². The molecule has 1 saturated heterocycles. The van der Waals surface area contributed by atoms with Gasteiger partial charge in [0.25, 0.3) is 0 Å². The Morgan fingerprint density at radius 3 is 2.50 bits per heavy atom. The van der Waals surface area contributed by atoms with Crippen molar-refractivity contribution in [2.75, 3.05) is 18.4 Å². The first kappa shape index (κ1) is 15.0. The van der Waals surface area contributed by atoms with Crippen LogP contribution in [0.2, 0.25) is 0 Å². The third-order valence-electron chi connectivity index (χ3n) is 4.12. The number of piperidine rings is 1. The number of rotatable bonds is 4. The number of para-hydroxylation sites is 1. The fraction of sp³-hybridized carbons (Fsp3) is 0.333. The van der Waals surface area contributed by atoms with Crippen molar-refractivity contribution in [2.24, 2.45) is 0 Å². The molecule has 3 rings (SSSR count). The van der Waals surface area contributed by atoms with Gasteiger partial charge in [0.1, 0.15) is 11.6 Å². The van der Waals surface area contributed by atoms with Crippen molar-refractivity contribution >= 4 is 5.69 Å². The van der Waals surface area contributed by atoms with Crippen molar-refractivity contribution in [3.05, 3.63) is 65.7 Å². The Bertz CT molecular complexity index is 622. The van der Waals surface area contributed by atoms with E-state index in [0.29, 0.717) is 11.7 Å². The summed E-state index contributed by atoms with van der Waals surface area (Å²) >= 11 is 0. The highest BCUT2D eigenvalue weighted by atomic mass is 19.1. The lowest BCUT2D eigenvalue weighted by Crippen LogP contribution is -2.38. The smallest absolute Gasteiger partial charge is 0.146 e.